The molecule has 0 aliphatic carbocycles. The zero-order valence-electron chi connectivity index (χ0n) is 9.83. The van der Waals surface area contributed by atoms with Crippen molar-refractivity contribution < 1.29 is 14.3 Å². The number of hydrogen-bond donors (Lipinski definition) is 1. The summed E-state index contributed by atoms with van der Waals surface area (Å²) < 4.78 is 4.78. The average Bonchev–Trinajstić information content (AvgIpc) is 2.00. The third-order valence-electron chi connectivity index (χ3n) is 1.37. The van der Waals surface area contributed by atoms with Crippen molar-refractivity contribution in [2.24, 2.45) is 10.5 Å². The van der Waals surface area contributed by atoms with E-state index in [-0.39, 0.29) is 12.0 Å². The van der Waals surface area contributed by atoms with Gasteiger partial charge in [-0.3, -0.25) is 4.79 Å². The highest BCUT2D eigenvalue weighted by atomic mass is 16.5. The highest BCUT2D eigenvalue weighted by Gasteiger charge is 2.20. The lowest BCUT2D eigenvalue weighted by molar-refractivity contribution is -0.138. The summed E-state index contributed by atoms with van der Waals surface area (Å²) in [5.74, 6) is -0.824. The number of carbonyl (C=O) groups is 2. The Morgan fingerprint density at radius 2 is 1.87 bits per heavy atom. The second-order valence-corrected chi connectivity index (χ2v) is 4.43. The Morgan fingerprint density at radius 3 is 2.27 bits per heavy atom. The molecule has 1 amide bonds. The van der Waals surface area contributed by atoms with E-state index in [1.807, 2.05) is 0 Å². The molecule has 5 heteroatoms. The average molecular weight is 214 g/mol. The summed E-state index contributed by atoms with van der Waals surface area (Å²) in [6, 6.07) is 0. The molecular weight excluding hydrogens is 196 g/mol. The zero-order valence-corrected chi connectivity index (χ0v) is 9.83. The SMILES string of the molecule is CC(C)OC(=O)/C=N/NC(=O)C(C)(C)C. The molecule has 0 aliphatic heterocycles. The van der Waals surface area contributed by atoms with Gasteiger partial charge in [0.15, 0.2) is 0 Å². The maximum atomic E-state index is 11.3. The summed E-state index contributed by atoms with van der Waals surface area (Å²) in [7, 11) is 0. The number of nitrogens with one attached hydrogen (secondary N) is 1. The highest BCUT2D eigenvalue weighted by Crippen LogP contribution is 2.11. The van der Waals surface area contributed by atoms with Gasteiger partial charge in [0.1, 0.15) is 6.21 Å². The molecule has 0 radical (unpaired) electrons. The van der Waals surface area contributed by atoms with Crippen molar-refractivity contribution in [1.29, 1.82) is 0 Å². The van der Waals surface area contributed by atoms with Crippen molar-refractivity contribution in [3.05, 3.63) is 0 Å². The fourth-order valence-electron chi connectivity index (χ4n) is 0.574. The molecule has 0 saturated carbocycles. The van der Waals surface area contributed by atoms with Crippen molar-refractivity contribution in [2.75, 3.05) is 0 Å². The first kappa shape index (κ1) is 13.6. The van der Waals surface area contributed by atoms with Crippen LogP contribution < -0.4 is 5.43 Å². The maximum absolute atomic E-state index is 11.3. The molecule has 0 spiro atoms. The fourth-order valence-corrected chi connectivity index (χ4v) is 0.574. The van der Waals surface area contributed by atoms with E-state index in [2.05, 4.69) is 10.5 Å². The summed E-state index contributed by atoms with van der Waals surface area (Å²) in [6.45, 7) is 8.73. The molecule has 0 saturated heterocycles. The standard InChI is InChI=1S/C10H18N2O3/c1-7(2)15-8(13)6-11-12-9(14)10(3,4)5/h6-7H,1-5H3,(H,12,14)/b11-6+. The van der Waals surface area contributed by atoms with Gasteiger partial charge in [0.05, 0.1) is 6.10 Å². The predicted octanol–water partition coefficient (Wildman–Crippen LogP) is 1.09. The first-order valence-corrected chi connectivity index (χ1v) is 4.77. The van der Waals surface area contributed by atoms with E-state index in [1.54, 1.807) is 34.6 Å². The smallest absolute Gasteiger partial charge is 0.351 e. The second-order valence-electron chi connectivity index (χ2n) is 4.43. The largest absolute Gasteiger partial charge is 0.459 e. The molecule has 1 N–H and O–H groups in total. The van der Waals surface area contributed by atoms with Gasteiger partial charge >= 0.3 is 5.97 Å². The summed E-state index contributed by atoms with van der Waals surface area (Å²) in [5, 5.41) is 3.49. The third kappa shape index (κ3) is 6.65. The Balaban J connectivity index is 4.01. The van der Waals surface area contributed by atoms with Crippen molar-refractivity contribution in [1.82, 2.24) is 5.43 Å². The van der Waals surface area contributed by atoms with Crippen LogP contribution in [0.25, 0.3) is 0 Å². The van der Waals surface area contributed by atoms with E-state index < -0.39 is 11.4 Å². The van der Waals surface area contributed by atoms with Gasteiger partial charge in [0.2, 0.25) is 5.91 Å². The molecule has 5 nitrogen and oxygen atoms in total. The number of esters is 1. The van der Waals surface area contributed by atoms with Crippen LogP contribution in [0.2, 0.25) is 0 Å². The summed E-state index contributed by atoms with van der Waals surface area (Å²) >= 11 is 0. The van der Waals surface area contributed by atoms with Crippen LogP contribution in [0.15, 0.2) is 5.10 Å². The lowest BCUT2D eigenvalue weighted by atomic mass is 9.96. The normalized spacial score (nSPS) is 11.9. The molecule has 15 heavy (non-hydrogen) atoms. The van der Waals surface area contributed by atoms with Crippen LogP contribution in [0.1, 0.15) is 34.6 Å². The van der Waals surface area contributed by atoms with Gasteiger partial charge < -0.3 is 4.74 Å². The molecule has 0 aromatic carbocycles. The van der Waals surface area contributed by atoms with Crippen LogP contribution in [0.5, 0.6) is 0 Å². The lowest BCUT2D eigenvalue weighted by Crippen LogP contribution is -2.31. The van der Waals surface area contributed by atoms with Crippen molar-refractivity contribution in [3.63, 3.8) is 0 Å². The predicted molar refractivity (Wildman–Crippen MR) is 57.3 cm³/mol. The van der Waals surface area contributed by atoms with Gasteiger partial charge in [0.25, 0.3) is 0 Å². The third-order valence-corrected chi connectivity index (χ3v) is 1.37. The van der Waals surface area contributed by atoms with Gasteiger partial charge in [-0.15, -0.1) is 0 Å². The number of rotatable bonds is 3. The van der Waals surface area contributed by atoms with Gasteiger partial charge in [-0.05, 0) is 13.8 Å². The Labute approximate surface area is 89.9 Å². The van der Waals surface area contributed by atoms with Crippen molar-refractivity contribution in [3.8, 4) is 0 Å². The van der Waals surface area contributed by atoms with Crippen LogP contribution in [-0.4, -0.2) is 24.2 Å². The number of amides is 1. The Bertz CT molecular complexity index is 264. The van der Waals surface area contributed by atoms with Crippen LogP contribution >= 0.6 is 0 Å². The first-order valence-electron chi connectivity index (χ1n) is 4.77. The van der Waals surface area contributed by atoms with Gasteiger partial charge in [-0.25, -0.2) is 10.2 Å². The van der Waals surface area contributed by atoms with E-state index in [4.69, 9.17) is 4.74 Å². The van der Waals surface area contributed by atoms with Crippen LogP contribution in [0, 0.1) is 5.41 Å². The Morgan fingerprint density at radius 1 is 1.33 bits per heavy atom. The quantitative estimate of drug-likeness (QED) is 0.434. The second kappa shape index (κ2) is 5.48. The Hall–Kier alpha value is -1.39. The number of hydrazone groups is 1. The molecule has 0 bridgehead atoms. The summed E-state index contributed by atoms with van der Waals surface area (Å²) in [5.41, 5.74) is 1.73. The molecule has 0 atom stereocenters. The van der Waals surface area contributed by atoms with E-state index in [9.17, 15) is 9.59 Å². The fraction of sp³-hybridized carbons (Fsp3) is 0.700. The Kier molecular flexibility index (Phi) is 4.97. The van der Waals surface area contributed by atoms with Crippen LogP contribution in [-0.2, 0) is 14.3 Å². The molecule has 0 aliphatic rings. The van der Waals surface area contributed by atoms with Gasteiger partial charge in [-0.1, -0.05) is 20.8 Å². The molecule has 0 aromatic heterocycles. The number of nitrogens with zero attached hydrogens (tertiary/aromatic N) is 1. The van der Waals surface area contributed by atoms with E-state index >= 15 is 0 Å². The maximum Gasteiger partial charge on any atom is 0.351 e. The zero-order chi connectivity index (χ0) is 12.1. The molecule has 86 valence electrons. The minimum absolute atomic E-state index is 0.192. The number of ether oxygens (including phenoxy) is 1. The van der Waals surface area contributed by atoms with Gasteiger partial charge in [-0.2, -0.15) is 5.10 Å². The van der Waals surface area contributed by atoms with Gasteiger partial charge in [0, 0.05) is 5.41 Å². The van der Waals surface area contributed by atoms with Crippen molar-refractivity contribution in [2.45, 2.75) is 40.7 Å². The number of hydrogen-bond acceptors (Lipinski definition) is 4. The van der Waals surface area contributed by atoms with Crippen molar-refractivity contribution >= 4 is 18.1 Å². The van der Waals surface area contributed by atoms with E-state index in [0.717, 1.165) is 6.21 Å². The lowest BCUT2D eigenvalue weighted by Gasteiger charge is -2.14. The van der Waals surface area contributed by atoms with E-state index in [0.29, 0.717) is 0 Å². The molecule has 0 fully saturated rings. The molecule has 0 heterocycles. The van der Waals surface area contributed by atoms with E-state index in [1.165, 1.54) is 0 Å². The highest BCUT2D eigenvalue weighted by molar-refractivity contribution is 6.23. The molecular formula is C10H18N2O3. The van der Waals surface area contributed by atoms with Crippen LogP contribution in [0.3, 0.4) is 0 Å². The first-order chi connectivity index (χ1) is 6.73. The van der Waals surface area contributed by atoms with Crippen LogP contribution in [0.4, 0.5) is 0 Å². The molecule has 0 unspecified atom stereocenters. The molecule has 0 rings (SSSR count). The minimum atomic E-state index is -0.570. The summed E-state index contributed by atoms with van der Waals surface area (Å²) in [6.07, 6.45) is 0.756. The molecule has 0 aromatic rings. The number of carbonyl (C=O) groups excluding carboxylic acids is 2. The summed E-state index contributed by atoms with van der Waals surface area (Å²) in [4.78, 5) is 22.3. The minimum Gasteiger partial charge on any atom is -0.459 e. The topological polar surface area (TPSA) is 67.8 Å². The monoisotopic (exact) mass is 214 g/mol.